The molecule has 0 saturated carbocycles. The molecule has 0 unspecified atom stereocenters. The van der Waals surface area contributed by atoms with Gasteiger partial charge in [0.2, 0.25) is 0 Å². The monoisotopic (exact) mass is 347 g/mol. The molecule has 3 N–H and O–H groups in total. The summed E-state index contributed by atoms with van der Waals surface area (Å²) in [4.78, 5) is 0. The molecular formula is H4CaClI2N. The van der Waals surface area contributed by atoms with E-state index in [0.717, 1.165) is 0 Å². The van der Waals surface area contributed by atoms with E-state index in [1.165, 1.54) is 0 Å². The van der Waals surface area contributed by atoms with Gasteiger partial charge in [0.25, 0.3) is 0 Å². The van der Waals surface area contributed by atoms with Crippen molar-refractivity contribution in [1.29, 1.82) is 0 Å². The van der Waals surface area contributed by atoms with Gasteiger partial charge in [-0.05, 0) is 0 Å². The number of hydrogen-bond donors (Lipinski definition) is 1. The quantitative estimate of drug-likeness (QED) is 0.344. The minimum absolute atomic E-state index is 0. The van der Waals surface area contributed by atoms with Gasteiger partial charge in [-0.3, -0.25) is 0 Å². The largest absolute Gasteiger partial charge is 2.00 e. The van der Waals surface area contributed by atoms with Crippen molar-refractivity contribution in [3.8, 4) is 0 Å². The molecule has 0 bridgehead atoms. The smallest absolute Gasteiger partial charge is 1.00 e. The van der Waals surface area contributed by atoms with Gasteiger partial charge in [0.15, 0.2) is 0 Å². The second-order valence-corrected chi connectivity index (χ2v) is 0. The number of hydrogen-bond acceptors (Lipinski definition) is 1. The van der Waals surface area contributed by atoms with Crippen LogP contribution in [0.2, 0.25) is 0 Å². The van der Waals surface area contributed by atoms with Crippen LogP contribution >= 0.6 is 12.4 Å². The van der Waals surface area contributed by atoms with Gasteiger partial charge >= 0.3 is 37.7 Å². The zero-order chi connectivity index (χ0) is 0. The average Bonchev–Trinajstić information content (AvgIpc) is 0. The average molecular weight is 347 g/mol. The summed E-state index contributed by atoms with van der Waals surface area (Å²) in [6.45, 7) is 0. The third-order valence-electron chi connectivity index (χ3n) is 0. The summed E-state index contributed by atoms with van der Waals surface area (Å²) in [5, 5.41) is 0. The van der Waals surface area contributed by atoms with E-state index in [1.54, 1.807) is 0 Å². The SMILES string of the molecule is Cl.N.[Ca+2].[I-].[I-]. The van der Waals surface area contributed by atoms with E-state index in [-0.39, 0.29) is 104 Å². The van der Waals surface area contributed by atoms with Crippen LogP contribution in [0.1, 0.15) is 0 Å². The molecule has 1 nitrogen and oxygen atoms in total. The van der Waals surface area contributed by atoms with Crippen molar-refractivity contribution < 1.29 is 48.0 Å². The van der Waals surface area contributed by atoms with Gasteiger partial charge in [-0.25, -0.2) is 0 Å². The Morgan fingerprint density at radius 1 is 0.800 bits per heavy atom. The summed E-state index contributed by atoms with van der Waals surface area (Å²) in [5.74, 6) is 0. The molecule has 0 aliphatic rings. The van der Waals surface area contributed by atoms with Gasteiger partial charge in [0, 0.05) is 0 Å². The first-order chi connectivity index (χ1) is 0. The van der Waals surface area contributed by atoms with Gasteiger partial charge in [-0.1, -0.05) is 0 Å². The Bertz CT molecular complexity index is 9.61. The molecule has 5 heavy (non-hydrogen) atoms. The molecule has 0 aromatic carbocycles. The van der Waals surface area contributed by atoms with Crippen LogP contribution in [0.15, 0.2) is 0 Å². The molecule has 5 heteroatoms. The first-order valence-corrected chi connectivity index (χ1v) is 0. The fraction of sp³-hybridized carbons (Fsp3) is 0. The third-order valence-corrected chi connectivity index (χ3v) is 0. The standard InChI is InChI=1S/Ca.ClH.2HI.H3N/h;3*1H;1H3/q+2;;;;/p-2. The maximum absolute atomic E-state index is 0. The van der Waals surface area contributed by atoms with E-state index in [9.17, 15) is 0 Å². The van der Waals surface area contributed by atoms with Crippen LogP contribution in [0.5, 0.6) is 0 Å². The van der Waals surface area contributed by atoms with Gasteiger partial charge in [-0.15, -0.1) is 12.4 Å². The first kappa shape index (κ1) is 43.9. The number of rotatable bonds is 0. The maximum Gasteiger partial charge on any atom is 2.00 e. The van der Waals surface area contributed by atoms with Gasteiger partial charge < -0.3 is 54.1 Å². The van der Waals surface area contributed by atoms with Crippen LogP contribution < -0.4 is 54.1 Å². The Labute approximate surface area is 102 Å². The zero-order valence-electron chi connectivity index (χ0n) is 2.58. The number of halogens is 3. The van der Waals surface area contributed by atoms with Crippen molar-refractivity contribution in [2.45, 2.75) is 0 Å². The molecule has 0 amide bonds. The maximum atomic E-state index is 0. The molecule has 0 aromatic heterocycles. The van der Waals surface area contributed by atoms with Crippen LogP contribution in [0.25, 0.3) is 0 Å². The topological polar surface area (TPSA) is 35.0 Å². The van der Waals surface area contributed by atoms with E-state index in [2.05, 4.69) is 0 Å². The molecule has 0 aliphatic carbocycles. The minimum atomic E-state index is 0. The van der Waals surface area contributed by atoms with E-state index >= 15 is 0 Å². The molecule has 0 atom stereocenters. The van der Waals surface area contributed by atoms with Crippen molar-refractivity contribution in [1.82, 2.24) is 6.15 Å². The van der Waals surface area contributed by atoms with Crippen LogP contribution in [0.4, 0.5) is 0 Å². The second-order valence-electron chi connectivity index (χ2n) is 0. The van der Waals surface area contributed by atoms with Crippen molar-refractivity contribution in [3.05, 3.63) is 0 Å². The van der Waals surface area contributed by atoms with E-state index < -0.39 is 0 Å². The Hall–Kier alpha value is 2.97. The molecule has 0 aliphatic heterocycles. The molecule has 0 spiro atoms. The van der Waals surface area contributed by atoms with Crippen LogP contribution in [-0.4, -0.2) is 37.7 Å². The Morgan fingerprint density at radius 3 is 0.800 bits per heavy atom. The summed E-state index contributed by atoms with van der Waals surface area (Å²) in [6, 6.07) is 0. The zero-order valence-corrected chi connectivity index (χ0v) is 9.92. The van der Waals surface area contributed by atoms with Crippen LogP contribution in [-0.2, 0) is 0 Å². The Morgan fingerprint density at radius 2 is 0.800 bits per heavy atom. The van der Waals surface area contributed by atoms with E-state index in [0.29, 0.717) is 0 Å². The summed E-state index contributed by atoms with van der Waals surface area (Å²) in [6.07, 6.45) is 0. The molecule has 32 valence electrons. The van der Waals surface area contributed by atoms with Gasteiger partial charge in [0.05, 0.1) is 0 Å². The van der Waals surface area contributed by atoms with E-state index in [1.807, 2.05) is 0 Å². The summed E-state index contributed by atoms with van der Waals surface area (Å²) >= 11 is 0. The summed E-state index contributed by atoms with van der Waals surface area (Å²) in [5.41, 5.74) is 0. The minimum Gasteiger partial charge on any atom is -1.00 e. The van der Waals surface area contributed by atoms with Crippen molar-refractivity contribution in [3.63, 3.8) is 0 Å². The van der Waals surface area contributed by atoms with E-state index in [4.69, 9.17) is 0 Å². The fourth-order valence-corrected chi connectivity index (χ4v) is 0. The van der Waals surface area contributed by atoms with Crippen molar-refractivity contribution in [2.24, 2.45) is 0 Å². The second kappa shape index (κ2) is 28.2. The summed E-state index contributed by atoms with van der Waals surface area (Å²) in [7, 11) is 0. The molecule has 0 fully saturated rings. The molecule has 0 aromatic rings. The van der Waals surface area contributed by atoms with Crippen LogP contribution in [0.3, 0.4) is 0 Å². The predicted octanol–water partition coefficient (Wildman–Crippen LogP) is -5.79. The fourth-order valence-electron chi connectivity index (χ4n) is 0. The summed E-state index contributed by atoms with van der Waals surface area (Å²) < 4.78 is 0. The molecule has 0 rings (SSSR count). The Kier molecular flexibility index (Phi) is 247. The van der Waals surface area contributed by atoms with Crippen LogP contribution in [0, 0.1) is 0 Å². The van der Waals surface area contributed by atoms with Crippen molar-refractivity contribution >= 4 is 50.1 Å². The normalized spacial score (nSPS) is 0. The Balaban J connectivity index is 0. The van der Waals surface area contributed by atoms with Crippen molar-refractivity contribution in [2.75, 3.05) is 0 Å². The third kappa shape index (κ3) is 19.5. The molecule has 0 radical (unpaired) electrons. The molecular weight excluding hydrogens is 343 g/mol. The molecule has 0 saturated heterocycles. The first-order valence-electron chi connectivity index (χ1n) is 0. The predicted molar refractivity (Wildman–Crippen MR) is 18.0 cm³/mol. The van der Waals surface area contributed by atoms with Gasteiger partial charge in [-0.2, -0.15) is 0 Å². The van der Waals surface area contributed by atoms with Gasteiger partial charge in [0.1, 0.15) is 0 Å². The molecule has 0 heterocycles.